The van der Waals surface area contributed by atoms with Crippen LogP contribution in [0.25, 0.3) is 0 Å². The van der Waals surface area contributed by atoms with E-state index in [9.17, 15) is 14.7 Å². The van der Waals surface area contributed by atoms with Crippen LogP contribution in [0.15, 0.2) is 5.38 Å². The quantitative estimate of drug-likeness (QED) is 0.897. The van der Waals surface area contributed by atoms with Gasteiger partial charge >= 0.3 is 5.97 Å². The van der Waals surface area contributed by atoms with E-state index in [1.54, 1.807) is 16.2 Å². The lowest BCUT2D eigenvalue weighted by Crippen LogP contribution is -2.46. The lowest BCUT2D eigenvalue weighted by molar-refractivity contribution is -0.149. The van der Waals surface area contributed by atoms with Crippen molar-refractivity contribution in [1.82, 2.24) is 9.88 Å². The highest BCUT2D eigenvalue weighted by atomic mass is 32.1. The van der Waals surface area contributed by atoms with E-state index in [1.807, 2.05) is 12.3 Å². The summed E-state index contributed by atoms with van der Waals surface area (Å²) in [5.41, 5.74) is 1.02. The molecule has 3 rings (SSSR count). The maximum absolute atomic E-state index is 12.7. The molecule has 3 unspecified atom stereocenters. The molecule has 1 aromatic rings. The molecule has 126 valence electrons. The number of aromatic nitrogens is 1. The van der Waals surface area contributed by atoms with Gasteiger partial charge in [0, 0.05) is 23.5 Å². The van der Waals surface area contributed by atoms with Crippen molar-refractivity contribution in [2.75, 3.05) is 0 Å². The highest BCUT2D eigenvalue weighted by Crippen LogP contribution is 2.40. The molecule has 6 heteroatoms. The third kappa shape index (κ3) is 3.57. The number of carboxylic acids is 1. The van der Waals surface area contributed by atoms with Crippen molar-refractivity contribution in [3.8, 4) is 0 Å². The first-order valence-electron chi connectivity index (χ1n) is 8.51. The van der Waals surface area contributed by atoms with Gasteiger partial charge in [0.05, 0.1) is 5.01 Å². The van der Waals surface area contributed by atoms with E-state index in [0.717, 1.165) is 42.8 Å². The van der Waals surface area contributed by atoms with Gasteiger partial charge in [-0.05, 0) is 44.9 Å². The number of hydrogen-bond donors (Lipinski definition) is 1. The molecule has 23 heavy (non-hydrogen) atoms. The zero-order valence-electron chi connectivity index (χ0n) is 13.5. The fourth-order valence-electron chi connectivity index (χ4n) is 4.08. The molecule has 0 aromatic carbocycles. The Morgan fingerprint density at radius 1 is 1.39 bits per heavy atom. The highest BCUT2D eigenvalue weighted by Gasteiger charge is 2.47. The summed E-state index contributed by atoms with van der Waals surface area (Å²) >= 11 is 1.63. The Labute approximate surface area is 140 Å². The van der Waals surface area contributed by atoms with E-state index >= 15 is 0 Å². The minimum Gasteiger partial charge on any atom is -0.480 e. The lowest BCUT2D eigenvalue weighted by atomic mass is 9.84. The van der Waals surface area contributed by atoms with E-state index in [-0.39, 0.29) is 11.9 Å². The fourth-order valence-corrected chi connectivity index (χ4v) is 4.89. The molecule has 0 radical (unpaired) electrons. The van der Waals surface area contributed by atoms with Crippen molar-refractivity contribution in [2.24, 2.45) is 5.92 Å². The maximum atomic E-state index is 12.7. The summed E-state index contributed by atoms with van der Waals surface area (Å²) in [5, 5.41) is 12.6. The van der Waals surface area contributed by atoms with Gasteiger partial charge in [0.1, 0.15) is 6.04 Å². The van der Waals surface area contributed by atoms with Gasteiger partial charge in [-0.1, -0.05) is 12.8 Å². The monoisotopic (exact) mass is 336 g/mol. The van der Waals surface area contributed by atoms with Crippen LogP contribution in [0.4, 0.5) is 0 Å². The van der Waals surface area contributed by atoms with Crippen molar-refractivity contribution in [1.29, 1.82) is 0 Å². The number of rotatable bonds is 5. The molecule has 0 bridgehead atoms. The van der Waals surface area contributed by atoms with Gasteiger partial charge in [0.2, 0.25) is 5.91 Å². The Bertz CT molecular complexity index is 586. The van der Waals surface area contributed by atoms with E-state index < -0.39 is 12.0 Å². The summed E-state index contributed by atoms with van der Waals surface area (Å²) in [4.78, 5) is 30.3. The number of carboxylic acid groups (broad SMARTS) is 1. The Balaban J connectivity index is 1.60. The number of carbonyl (C=O) groups excluding carboxylic acids is 1. The molecular weight excluding hydrogens is 312 g/mol. The Hall–Kier alpha value is -1.43. The van der Waals surface area contributed by atoms with Gasteiger partial charge in [-0.15, -0.1) is 11.3 Å². The average Bonchev–Trinajstić information content (AvgIpc) is 3.10. The molecule has 2 aliphatic rings. The number of amides is 1. The van der Waals surface area contributed by atoms with Gasteiger partial charge in [0.15, 0.2) is 0 Å². The van der Waals surface area contributed by atoms with Gasteiger partial charge in [-0.2, -0.15) is 0 Å². The summed E-state index contributed by atoms with van der Waals surface area (Å²) in [6.07, 6.45) is 6.90. The Morgan fingerprint density at radius 3 is 2.87 bits per heavy atom. The SMILES string of the molecule is Cc1csc(CCCC(=O)N2C(C(=O)O)CC3CCCCC32)n1. The van der Waals surface area contributed by atoms with Crippen LogP contribution in [-0.2, 0) is 16.0 Å². The van der Waals surface area contributed by atoms with Gasteiger partial charge in [0.25, 0.3) is 0 Å². The first-order chi connectivity index (χ1) is 11.1. The van der Waals surface area contributed by atoms with Crippen LogP contribution >= 0.6 is 11.3 Å². The molecule has 3 atom stereocenters. The van der Waals surface area contributed by atoms with Gasteiger partial charge in [-0.3, -0.25) is 4.79 Å². The van der Waals surface area contributed by atoms with Crippen molar-refractivity contribution >= 4 is 23.2 Å². The smallest absolute Gasteiger partial charge is 0.326 e. The second-order valence-electron chi connectivity index (χ2n) is 6.74. The van der Waals surface area contributed by atoms with Crippen LogP contribution < -0.4 is 0 Å². The van der Waals surface area contributed by atoms with Crippen molar-refractivity contribution in [3.05, 3.63) is 16.1 Å². The molecule has 1 saturated heterocycles. The van der Waals surface area contributed by atoms with Crippen LogP contribution in [0.5, 0.6) is 0 Å². The third-order valence-corrected chi connectivity index (χ3v) is 6.14. The number of hydrogen-bond acceptors (Lipinski definition) is 4. The summed E-state index contributed by atoms with van der Waals surface area (Å²) in [7, 11) is 0. The summed E-state index contributed by atoms with van der Waals surface area (Å²) in [6.45, 7) is 1.97. The first kappa shape index (κ1) is 16.4. The predicted molar refractivity (Wildman–Crippen MR) is 88.4 cm³/mol. The van der Waals surface area contributed by atoms with Gasteiger partial charge in [-0.25, -0.2) is 9.78 Å². The first-order valence-corrected chi connectivity index (χ1v) is 9.39. The van der Waals surface area contributed by atoms with Crippen molar-refractivity contribution in [3.63, 3.8) is 0 Å². The molecule has 1 amide bonds. The zero-order chi connectivity index (χ0) is 16.4. The number of likely N-dealkylation sites (tertiary alicyclic amines) is 1. The van der Waals surface area contributed by atoms with Crippen LogP contribution in [-0.4, -0.2) is 39.0 Å². The van der Waals surface area contributed by atoms with Crippen LogP contribution in [0, 0.1) is 12.8 Å². The Morgan fingerprint density at radius 2 is 2.17 bits per heavy atom. The molecule has 1 aliphatic heterocycles. The molecule has 1 saturated carbocycles. The summed E-state index contributed by atoms with van der Waals surface area (Å²) < 4.78 is 0. The van der Waals surface area contributed by atoms with Crippen molar-refractivity contribution in [2.45, 2.75) is 70.4 Å². The molecule has 1 N–H and O–H groups in total. The normalized spacial score (nSPS) is 27.0. The standard InChI is InChI=1S/C17H24N2O3S/c1-11-10-23-15(18-11)7-4-8-16(20)19-13-6-3-2-5-12(13)9-14(19)17(21)22/h10,12-14H,2-9H2,1H3,(H,21,22). The van der Waals surface area contributed by atoms with Crippen LogP contribution in [0.2, 0.25) is 0 Å². The minimum atomic E-state index is -0.844. The predicted octanol–water partition coefficient (Wildman–Crippen LogP) is 3.02. The van der Waals surface area contributed by atoms with Gasteiger partial charge < -0.3 is 10.0 Å². The van der Waals surface area contributed by atoms with E-state index in [2.05, 4.69) is 4.98 Å². The van der Waals surface area contributed by atoms with Crippen LogP contribution in [0.1, 0.15) is 55.6 Å². The summed E-state index contributed by atoms with van der Waals surface area (Å²) in [5.74, 6) is -0.446. The van der Waals surface area contributed by atoms with E-state index in [0.29, 0.717) is 18.8 Å². The summed E-state index contributed by atoms with van der Waals surface area (Å²) in [6, 6.07) is -0.461. The number of fused-ring (bicyclic) bond motifs is 1. The Kier molecular flexibility index (Phi) is 4.99. The molecular formula is C17H24N2O3S. The second-order valence-corrected chi connectivity index (χ2v) is 7.68. The topological polar surface area (TPSA) is 70.5 Å². The van der Waals surface area contributed by atoms with E-state index in [4.69, 9.17) is 0 Å². The third-order valence-electron chi connectivity index (χ3n) is 5.11. The number of carbonyl (C=O) groups is 2. The maximum Gasteiger partial charge on any atom is 0.326 e. The van der Waals surface area contributed by atoms with Crippen LogP contribution in [0.3, 0.4) is 0 Å². The highest BCUT2D eigenvalue weighted by molar-refractivity contribution is 7.09. The second kappa shape index (κ2) is 6.99. The number of thiazole rings is 1. The molecule has 5 nitrogen and oxygen atoms in total. The number of aliphatic carboxylic acids is 1. The van der Waals surface area contributed by atoms with E-state index in [1.165, 1.54) is 6.42 Å². The molecule has 2 heterocycles. The molecule has 1 aromatic heterocycles. The number of aryl methyl sites for hydroxylation is 2. The molecule has 2 fully saturated rings. The average molecular weight is 336 g/mol. The zero-order valence-corrected chi connectivity index (χ0v) is 14.3. The fraction of sp³-hybridized carbons (Fsp3) is 0.706. The van der Waals surface area contributed by atoms with Crippen molar-refractivity contribution < 1.29 is 14.7 Å². The number of nitrogens with zero attached hydrogens (tertiary/aromatic N) is 2. The molecule has 1 aliphatic carbocycles. The minimum absolute atomic E-state index is 0.0140. The lowest BCUT2D eigenvalue weighted by Gasteiger charge is -2.33. The largest absolute Gasteiger partial charge is 0.480 e. The molecule has 0 spiro atoms.